The maximum absolute atomic E-state index is 12.1. The van der Waals surface area contributed by atoms with E-state index >= 15 is 0 Å². The lowest BCUT2D eigenvalue weighted by Crippen LogP contribution is -2.13. The molecule has 0 unspecified atom stereocenters. The van der Waals surface area contributed by atoms with Crippen molar-refractivity contribution in [2.24, 2.45) is 0 Å². The Hall–Kier alpha value is -2.69. The lowest BCUT2D eigenvalue weighted by Gasteiger charge is -2.08. The van der Waals surface area contributed by atoms with Crippen molar-refractivity contribution in [3.8, 4) is 0 Å². The SMILES string of the molecule is CCCCC(=O)Nc1cccc(NC(=O)c2cccnc2)c1. The summed E-state index contributed by atoms with van der Waals surface area (Å²) in [6.07, 6.45) is 5.47. The molecule has 2 amide bonds. The monoisotopic (exact) mass is 297 g/mol. The zero-order valence-electron chi connectivity index (χ0n) is 12.5. The summed E-state index contributed by atoms with van der Waals surface area (Å²) in [6, 6.07) is 10.5. The third kappa shape index (κ3) is 4.70. The molecule has 5 heteroatoms. The molecule has 0 aliphatic carbocycles. The Morgan fingerprint density at radius 2 is 1.86 bits per heavy atom. The molecule has 0 radical (unpaired) electrons. The normalized spacial score (nSPS) is 10.0. The molecule has 0 saturated heterocycles. The van der Waals surface area contributed by atoms with Crippen LogP contribution in [0.1, 0.15) is 36.5 Å². The van der Waals surface area contributed by atoms with Gasteiger partial charge >= 0.3 is 0 Å². The summed E-state index contributed by atoms with van der Waals surface area (Å²) in [7, 11) is 0. The second-order valence-corrected chi connectivity index (χ2v) is 4.93. The first-order chi connectivity index (χ1) is 10.7. The third-order valence-electron chi connectivity index (χ3n) is 3.09. The molecule has 2 rings (SSSR count). The number of nitrogens with one attached hydrogen (secondary N) is 2. The van der Waals surface area contributed by atoms with Gasteiger partial charge in [0, 0.05) is 30.2 Å². The van der Waals surface area contributed by atoms with E-state index in [4.69, 9.17) is 0 Å². The van der Waals surface area contributed by atoms with Crippen LogP contribution in [-0.4, -0.2) is 16.8 Å². The highest BCUT2D eigenvalue weighted by Gasteiger charge is 2.07. The average Bonchev–Trinajstić information content (AvgIpc) is 2.54. The number of nitrogens with zero attached hydrogens (tertiary/aromatic N) is 1. The molecule has 0 bridgehead atoms. The number of hydrogen-bond acceptors (Lipinski definition) is 3. The summed E-state index contributed by atoms with van der Waals surface area (Å²) >= 11 is 0. The van der Waals surface area contributed by atoms with Gasteiger partial charge in [-0.3, -0.25) is 14.6 Å². The molecule has 5 nitrogen and oxygen atoms in total. The first kappa shape index (κ1) is 15.7. The molecule has 0 aliphatic heterocycles. The van der Waals surface area contributed by atoms with Crippen molar-refractivity contribution in [2.75, 3.05) is 10.6 Å². The minimum absolute atomic E-state index is 0.0161. The van der Waals surface area contributed by atoms with E-state index in [0.29, 0.717) is 23.4 Å². The third-order valence-corrected chi connectivity index (χ3v) is 3.09. The zero-order chi connectivity index (χ0) is 15.8. The molecule has 114 valence electrons. The molecule has 22 heavy (non-hydrogen) atoms. The van der Waals surface area contributed by atoms with Gasteiger partial charge in [-0.2, -0.15) is 0 Å². The summed E-state index contributed by atoms with van der Waals surface area (Å²) in [4.78, 5) is 27.7. The molecule has 0 aliphatic rings. The smallest absolute Gasteiger partial charge is 0.257 e. The van der Waals surface area contributed by atoms with Crippen LogP contribution in [0.5, 0.6) is 0 Å². The number of carbonyl (C=O) groups excluding carboxylic acids is 2. The van der Waals surface area contributed by atoms with Crippen LogP contribution in [0.15, 0.2) is 48.8 Å². The lowest BCUT2D eigenvalue weighted by molar-refractivity contribution is -0.116. The fourth-order valence-corrected chi connectivity index (χ4v) is 1.94. The number of rotatable bonds is 6. The fraction of sp³-hybridized carbons (Fsp3) is 0.235. The molecule has 2 N–H and O–H groups in total. The van der Waals surface area contributed by atoms with Gasteiger partial charge in [-0.25, -0.2) is 0 Å². The fourth-order valence-electron chi connectivity index (χ4n) is 1.94. The van der Waals surface area contributed by atoms with Crippen molar-refractivity contribution < 1.29 is 9.59 Å². The topological polar surface area (TPSA) is 71.1 Å². The minimum Gasteiger partial charge on any atom is -0.326 e. The van der Waals surface area contributed by atoms with E-state index in [1.54, 1.807) is 42.6 Å². The van der Waals surface area contributed by atoms with Gasteiger partial charge in [0.25, 0.3) is 5.91 Å². The summed E-state index contributed by atoms with van der Waals surface area (Å²) in [5, 5.41) is 5.61. The standard InChI is InChI=1S/C17H19N3O2/c1-2-3-9-16(21)19-14-7-4-8-15(11-14)20-17(22)13-6-5-10-18-12-13/h4-8,10-12H,2-3,9H2,1H3,(H,19,21)(H,20,22). The van der Waals surface area contributed by atoms with E-state index in [9.17, 15) is 9.59 Å². The van der Waals surface area contributed by atoms with Crippen LogP contribution in [0.4, 0.5) is 11.4 Å². The predicted octanol–water partition coefficient (Wildman–Crippen LogP) is 3.46. The van der Waals surface area contributed by atoms with Gasteiger partial charge in [0.05, 0.1) is 5.56 Å². The average molecular weight is 297 g/mol. The van der Waals surface area contributed by atoms with E-state index in [2.05, 4.69) is 15.6 Å². The van der Waals surface area contributed by atoms with Gasteiger partial charge in [-0.05, 0) is 36.8 Å². The Labute approximate surface area is 129 Å². The first-order valence-corrected chi connectivity index (χ1v) is 7.30. The molecule has 0 saturated carbocycles. The van der Waals surface area contributed by atoms with Crippen molar-refractivity contribution in [1.29, 1.82) is 0 Å². The molecule has 1 heterocycles. The Bertz CT molecular complexity index is 641. The maximum atomic E-state index is 12.1. The predicted molar refractivity (Wildman–Crippen MR) is 86.8 cm³/mol. The van der Waals surface area contributed by atoms with Crippen molar-refractivity contribution in [2.45, 2.75) is 26.2 Å². The Morgan fingerprint density at radius 3 is 2.55 bits per heavy atom. The van der Waals surface area contributed by atoms with E-state index in [-0.39, 0.29) is 11.8 Å². The van der Waals surface area contributed by atoms with Gasteiger partial charge in [0.2, 0.25) is 5.91 Å². The molecular weight excluding hydrogens is 278 g/mol. The Balaban J connectivity index is 1.99. The van der Waals surface area contributed by atoms with Crippen LogP contribution < -0.4 is 10.6 Å². The number of anilines is 2. The van der Waals surface area contributed by atoms with Crippen LogP contribution >= 0.6 is 0 Å². The van der Waals surface area contributed by atoms with E-state index in [0.717, 1.165) is 12.8 Å². The molecule has 0 fully saturated rings. The van der Waals surface area contributed by atoms with Gasteiger partial charge in [-0.1, -0.05) is 19.4 Å². The van der Waals surface area contributed by atoms with Crippen molar-refractivity contribution in [1.82, 2.24) is 4.98 Å². The number of aromatic nitrogens is 1. The maximum Gasteiger partial charge on any atom is 0.257 e. The highest BCUT2D eigenvalue weighted by molar-refractivity contribution is 6.04. The van der Waals surface area contributed by atoms with Crippen LogP contribution in [0, 0.1) is 0 Å². The van der Waals surface area contributed by atoms with Crippen LogP contribution in [-0.2, 0) is 4.79 Å². The summed E-state index contributed by atoms with van der Waals surface area (Å²) in [6.45, 7) is 2.04. The first-order valence-electron chi connectivity index (χ1n) is 7.30. The lowest BCUT2D eigenvalue weighted by atomic mass is 10.2. The molecule has 1 aromatic heterocycles. The zero-order valence-corrected chi connectivity index (χ0v) is 12.5. The number of benzene rings is 1. The highest BCUT2D eigenvalue weighted by atomic mass is 16.2. The molecular formula is C17H19N3O2. The van der Waals surface area contributed by atoms with E-state index in [1.807, 2.05) is 6.92 Å². The quantitative estimate of drug-likeness (QED) is 0.857. The van der Waals surface area contributed by atoms with Gasteiger partial charge in [0.15, 0.2) is 0 Å². The second kappa shape index (κ2) is 7.93. The molecule has 2 aromatic rings. The minimum atomic E-state index is -0.234. The number of pyridine rings is 1. The van der Waals surface area contributed by atoms with Crippen molar-refractivity contribution in [3.05, 3.63) is 54.4 Å². The summed E-state index contributed by atoms with van der Waals surface area (Å²) < 4.78 is 0. The van der Waals surface area contributed by atoms with Crippen molar-refractivity contribution >= 4 is 23.2 Å². The van der Waals surface area contributed by atoms with E-state index < -0.39 is 0 Å². The largest absolute Gasteiger partial charge is 0.326 e. The molecule has 1 aromatic carbocycles. The van der Waals surface area contributed by atoms with Crippen LogP contribution in [0.2, 0.25) is 0 Å². The summed E-state index contributed by atoms with van der Waals surface area (Å²) in [5.41, 5.74) is 1.78. The molecule has 0 spiro atoms. The Kier molecular flexibility index (Phi) is 5.65. The highest BCUT2D eigenvalue weighted by Crippen LogP contribution is 2.16. The van der Waals surface area contributed by atoms with E-state index in [1.165, 1.54) is 6.20 Å². The molecule has 0 atom stereocenters. The second-order valence-electron chi connectivity index (χ2n) is 4.93. The number of unbranched alkanes of at least 4 members (excludes halogenated alkanes) is 1. The van der Waals surface area contributed by atoms with Crippen LogP contribution in [0.25, 0.3) is 0 Å². The summed E-state index contributed by atoms with van der Waals surface area (Å²) in [5.74, 6) is -0.250. The van der Waals surface area contributed by atoms with Gasteiger partial charge in [-0.15, -0.1) is 0 Å². The van der Waals surface area contributed by atoms with Gasteiger partial charge < -0.3 is 10.6 Å². The van der Waals surface area contributed by atoms with Crippen LogP contribution in [0.3, 0.4) is 0 Å². The van der Waals surface area contributed by atoms with Crippen molar-refractivity contribution in [3.63, 3.8) is 0 Å². The van der Waals surface area contributed by atoms with Gasteiger partial charge in [0.1, 0.15) is 0 Å². The Morgan fingerprint density at radius 1 is 1.09 bits per heavy atom. The number of hydrogen-bond donors (Lipinski definition) is 2. The number of amides is 2. The number of carbonyl (C=O) groups is 2.